The number of benzene rings is 1. The summed E-state index contributed by atoms with van der Waals surface area (Å²) in [5.74, 6) is -1.28. The number of ether oxygens (including phenoxy) is 1. The van der Waals surface area contributed by atoms with Crippen molar-refractivity contribution >= 4 is 16.1 Å². The number of rotatable bonds is 5. The van der Waals surface area contributed by atoms with Gasteiger partial charge in [-0.2, -0.15) is 21.6 Å². The lowest BCUT2D eigenvalue weighted by Crippen LogP contribution is -2.27. The van der Waals surface area contributed by atoms with Crippen LogP contribution in [-0.2, 0) is 19.6 Å². The summed E-state index contributed by atoms with van der Waals surface area (Å²) in [6.45, 7) is 3.72. The molecule has 1 aromatic carbocycles. The van der Waals surface area contributed by atoms with Crippen molar-refractivity contribution < 1.29 is 40.4 Å². The van der Waals surface area contributed by atoms with Crippen LogP contribution in [0.4, 0.5) is 13.2 Å². The van der Waals surface area contributed by atoms with Crippen LogP contribution in [0.25, 0.3) is 0 Å². The number of alkyl halides is 3. The van der Waals surface area contributed by atoms with Gasteiger partial charge in [-0.15, -0.1) is 0 Å². The average molecular weight is 344 g/mol. The molecule has 1 unspecified atom stereocenters. The van der Waals surface area contributed by atoms with E-state index in [-0.39, 0.29) is 5.75 Å². The van der Waals surface area contributed by atoms with Gasteiger partial charge < -0.3 is 14.0 Å². The lowest BCUT2D eigenvalue weighted by molar-refractivity contribution is -0.148. The maximum Gasteiger partial charge on any atom is 0.534 e. The first-order chi connectivity index (χ1) is 10.0. The van der Waals surface area contributed by atoms with E-state index in [2.05, 4.69) is 4.18 Å². The van der Waals surface area contributed by atoms with Gasteiger partial charge in [0.1, 0.15) is 5.75 Å². The molecular weight excluding hydrogens is 329 g/mol. The molecule has 0 aliphatic rings. The Balaban J connectivity index is 0.000000472. The summed E-state index contributed by atoms with van der Waals surface area (Å²) in [7, 11) is -5.55. The third-order valence-corrected chi connectivity index (χ3v) is 2.98. The van der Waals surface area contributed by atoms with E-state index in [4.69, 9.17) is 9.84 Å². The quantitative estimate of drug-likeness (QED) is 0.652. The molecule has 1 aromatic rings. The van der Waals surface area contributed by atoms with E-state index >= 15 is 0 Å². The first-order valence-corrected chi connectivity index (χ1v) is 7.32. The second-order valence-corrected chi connectivity index (χ2v) is 5.27. The van der Waals surface area contributed by atoms with Gasteiger partial charge in [0.25, 0.3) is 0 Å². The molecule has 1 atom stereocenters. The fraction of sp³-hybridized carbons (Fsp3) is 0.417. The van der Waals surface area contributed by atoms with Crippen LogP contribution < -0.4 is 4.18 Å². The molecule has 0 saturated heterocycles. The van der Waals surface area contributed by atoms with Gasteiger partial charge in [0, 0.05) is 6.61 Å². The molecule has 0 spiro atoms. The molecule has 0 saturated carbocycles. The van der Waals surface area contributed by atoms with Crippen LogP contribution in [0.2, 0.25) is 0 Å². The SMILES string of the molecule is CCOC(C)C(=O)O.O=S(=O)(Oc1ccccc1)C(F)(F)F. The molecule has 6 nitrogen and oxygen atoms in total. The highest BCUT2D eigenvalue weighted by Gasteiger charge is 2.48. The fourth-order valence-electron chi connectivity index (χ4n) is 0.971. The Morgan fingerprint density at radius 3 is 2.09 bits per heavy atom. The monoisotopic (exact) mass is 344 g/mol. The molecule has 1 N–H and O–H groups in total. The van der Waals surface area contributed by atoms with Crippen LogP contribution in [0.15, 0.2) is 30.3 Å². The summed E-state index contributed by atoms with van der Waals surface area (Å²) >= 11 is 0. The van der Waals surface area contributed by atoms with Gasteiger partial charge in [-0.3, -0.25) is 0 Å². The average Bonchev–Trinajstić information content (AvgIpc) is 2.39. The summed E-state index contributed by atoms with van der Waals surface area (Å²) in [5, 5.41) is 8.19. The van der Waals surface area contributed by atoms with E-state index in [9.17, 15) is 26.4 Å². The summed E-state index contributed by atoms with van der Waals surface area (Å²) in [4.78, 5) is 9.96. The topological polar surface area (TPSA) is 89.9 Å². The molecule has 0 heterocycles. The highest BCUT2D eigenvalue weighted by Crippen LogP contribution is 2.26. The zero-order valence-electron chi connectivity index (χ0n) is 11.7. The van der Waals surface area contributed by atoms with E-state index in [1.165, 1.54) is 25.1 Å². The fourth-order valence-corrected chi connectivity index (χ4v) is 1.43. The van der Waals surface area contributed by atoms with Crippen LogP contribution in [0.3, 0.4) is 0 Å². The van der Waals surface area contributed by atoms with Crippen molar-refractivity contribution in [1.29, 1.82) is 0 Å². The van der Waals surface area contributed by atoms with E-state index in [1.54, 1.807) is 6.92 Å². The number of carboxylic acid groups (broad SMARTS) is 1. The molecule has 0 fully saturated rings. The van der Waals surface area contributed by atoms with Crippen molar-refractivity contribution in [3.05, 3.63) is 30.3 Å². The van der Waals surface area contributed by atoms with Gasteiger partial charge in [0.2, 0.25) is 0 Å². The number of hydrogen-bond acceptors (Lipinski definition) is 5. The smallest absolute Gasteiger partial charge is 0.479 e. The normalized spacial score (nSPS) is 12.8. The maximum absolute atomic E-state index is 11.8. The highest BCUT2D eigenvalue weighted by atomic mass is 32.2. The molecule has 1 rings (SSSR count). The Labute approximate surface area is 125 Å². The molecule has 0 aliphatic heterocycles. The van der Waals surface area contributed by atoms with E-state index in [1.807, 2.05) is 0 Å². The molecule has 22 heavy (non-hydrogen) atoms. The number of halogens is 3. The predicted octanol–water partition coefficient (Wildman–Crippen LogP) is 2.41. The number of aliphatic carboxylic acids is 1. The van der Waals surface area contributed by atoms with Crippen LogP contribution in [-0.4, -0.2) is 37.7 Å². The van der Waals surface area contributed by atoms with Gasteiger partial charge in [0.15, 0.2) is 6.10 Å². The zero-order valence-corrected chi connectivity index (χ0v) is 12.5. The first kappa shape index (κ1) is 20.2. The largest absolute Gasteiger partial charge is 0.534 e. The van der Waals surface area contributed by atoms with Crippen LogP contribution >= 0.6 is 0 Å². The summed E-state index contributed by atoms with van der Waals surface area (Å²) < 4.78 is 64.9. The second-order valence-electron chi connectivity index (χ2n) is 3.73. The van der Waals surface area contributed by atoms with Crippen LogP contribution in [0, 0.1) is 0 Å². The highest BCUT2D eigenvalue weighted by molar-refractivity contribution is 7.87. The van der Waals surface area contributed by atoms with E-state index in [0.29, 0.717) is 6.61 Å². The minimum absolute atomic E-state index is 0.371. The second kappa shape index (κ2) is 8.59. The minimum Gasteiger partial charge on any atom is -0.479 e. The molecule has 0 aromatic heterocycles. The minimum atomic E-state index is -5.55. The lowest BCUT2D eigenvalue weighted by atomic mass is 10.3. The van der Waals surface area contributed by atoms with E-state index in [0.717, 1.165) is 12.1 Å². The van der Waals surface area contributed by atoms with Crippen molar-refractivity contribution in [2.45, 2.75) is 25.5 Å². The molecule has 0 bridgehead atoms. The zero-order chi connectivity index (χ0) is 17.4. The molecule has 0 radical (unpaired) electrons. The maximum atomic E-state index is 11.8. The third kappa shape index (κ3) is 7.27. The van der Waals surface area contributed by atoms with Crippen molar-refractivity contribution in [3.8, 4) is 5.75 Å². The predicted molar refractivity (Wildman–Crippen MR) is 70.8 cm³/mol. The van der Waals surface area contributed by atoms with Gasteiger partial charge in [-0.1, -0.05) is 18.2 Å². The van der Waals surface area contributed by atoms with Crippen LogP contribution in [0.5, 0.6) is 5.75 Å². The van der Waals surface area contributed by atoms with Crippen molar-refractivity contribution in [3.63, 3.8) is 0 Å². The molecule has 126 valence electrons. The number of hydrogen-bond donors (Lipinski definition) is 1. The van der Waals surface area contributed by atoms with Gasteiger partial charge in [-0.05, 0) is 26.0 Å². The number of para-hydroxylation sites is 1. The lowest BCUT2D eigenvalue weighted by Gasteiger charge is -2.08. The third-order valence-electron chi connectivity index (χ3n) is 2.00. The summed E-state index contributed by atoms with van der Waals surface area (Å²) in [6, 6.07) is 6.47. The van der Waals surface area contributed by atoms with Crippen molar-refractivity contribution in [1.82, 2.24) is 0 Å². The Hall–Kier alpha value is -1.81. The first-order valence-electron chi connectivity index (χ1n) is 5.91. The van der Waals surface area contributed by atoms with Crippen molar-refractivity contribution in [2.75, 3.05) is 6.61 Å². The van der Waals surface area contributed by atoms with E-state index < -0.39 is 27.7 Å². The Morgan fingerprint density at radius 2 is 1.77 bits per heavy atom. The Kier molecular flexibility index (Phi) is 7.88. The molecular formula is C12H15F3O6S. The Bertz CT molecular complexity index is 556. The molecule has 0 aliphatic carbocycles. The van der Waals surface area contributed by atoms with Gasteiger partial charge in [0.05, 0.1) is 0 Å². The van der Waals surface area contributed by atoms with Crippen LogP contribution in [0.1, 0.15) is 13.8 Å². The van der Waals surface area contributed by atoms with Crippen molar-refractivity contribution in [2.24, 2.45) is 0 Å². The Morgan fingerprint density at radius 1 is 1.27 bits per heavy atom. The molecule has 10 heteroatoms. The molecule has 0 amide bonds. The van der Waals surface area contributed by atoms with Gasteiger partial charge >= 0.3 is 21.6 Å². The summed E-state index contributed by atoms with van der Waals surface area (Å²) in [5.41, 5.74) is -5.40. The number of carboxylic acids is 1. The number of carbonyl (C=O) groups is 1. The summed E-state index contributed by atoms with van der Waals surface area (Å²) in [6.07, 6.45) is -0.667. The standard InChI is InChI=1S/C7H5F3O3S.C5H10O3/c8-7(9,10)14(11,12)13-6-4-2-1-3-5-6;1-3-8-4(2)5(6)7/h1-5H;4H,3H2,1-2H3,(H,6,7). The van der Waals surface area contributed by atoms with Gasteiger partial charge in [-0.25, -0.2) is 4.79 Å².